The van der Waals surface area contributed by atoms with Crippen LogP contribution >= 0.6 is 11.6 Å². The van der Waals surface area contributed by atoms with Gasteiger partial charge in [-0.15, -0.1) is 0 Å². The molecule has 0 amide bonds. The van der Waals surface area contributed by atoms with Gasteiger partial charge in [-0.25, -0.2) is 0 Å². The number of fused-ring (bicyclic) bond motifs is 2. The van der Waals surface area contributed by atoms with Crippen LogP contribution in [0.4, 0.5) is 0 Å². The van der Waals surface area contributed by atoms with Crippen molar-refractivity contribution in [1.82, 2.24) is 10.3 Å². The van der Waals surface area contributed by atoms with Crippen LogP contribution in [-0.4, -0.2) is 29.1 Å². The molecule has 0 bridgehead atoms. The largest absolute Gasteiger partial charge is 0.481 e. The van der Waals surface area contributed by atoms with Gasteiger partial charge in [-0.3, -0.25) is 4.79 Å². The second kappa shape index (κ2) is 9.50. The third kappa shape index (κ3) is 4.94. The van der Waals surface area contributed by atoms with Gasteiger partial charge < -0.3 is 15.4 Å². The molecule has 2 heterocycles. The summed E-state index contributed by atoms with van der Waals surface area (Å²) < 4.78 is 0. The van der Waals surface area contributed by atoms with Gasteiger partial charge in [0, 0.05) is 40.7 Å². The van der Waals surface area contributed by atoms with E-state index in [0.29, 0.717) is 12.3 Å². The van der Waals surface area contributed by atoms with E-state index < -0.39 is 5.97 Å². The van der Waals surface area contributed by atoms with Crippen LogP contribution in [0.25, 0.3) is 16.5 Å². The number of aromatic nitrogens is 1. The zero-order valence-electron chi connectivity index (χ0n) is 17.0. The molecule has 4 nitrogen and oxygen atoms in total. The first kappa shape index (κ1) is 20.7. The summed E-state index contributed by atoms with van der Waals surface area (Å²) in [5, 5.41) is 14.0. The number of carboxylic acid groups (broad SMARTS) is 1. The standard InChI is InChI=1S/C13H13ClN2.C12H14O2/c14-10-1-2-11-12(8-16-13(11)7-10)9-3-5-15-6-4-9;13-12(14)6-5-9-7-10-3-1-2-4-11(10)8-9/h1-3,7-8,15-16H,4-6H2;1-4,9H,5-8H2,(H,13,14). The number of carboxylic acids is 1. The minimum atomic E-state index is -0.680. The van der Waals surface area contributed by atoms with E-state index in [2.05, 4.69) is 52.9 Å². The van der Waals surface area contributed by atoms with Gasteiger partial charge in [-0.05, 0) is 67.0 Å². The van der Waals surface area contributed by atoms with Gasteiger partial charge in [0.15, 0.2) is 0 Å². The first-order chi connectivity index (χ1) is 14.6. The molecule has 0 atom stereocenters. The molecule has 5 rings (SSSR count). The molecule has 30 heavy (non-hydrogen) atoms. The zero-order chi connectivity index (χ0) is 20.9. The molecule has 3 N–H and O–H groups in total. The second-order valence-electron chi connectivity index (χ2n) is 8.05. The molecule has 0 radical (unpaired) electrons. The van der Waals surface area contributed by atoms with Crippen molar-refractivity contribution < 1.29 is 9.90 Å². The molecular formula is C25H27ClN2O2. The average molecular weight is 423 g/mol. The Balaban J connectivity index is 0.000000147. The molecule has 3 aromatic rings. The fourth-order valence-electron chi connectivity index (χ4n) is 4.41. The van der Waals surface area contributed by atoms with Crippen LogP contribution in [0.15, 0.2) is 54.7 Å². The minimum absolute atomic E-state index is 0.304. The lowest BCUT2D eigenvalue weighted by atomic mass is 10.00. The number of hydrogen-bond donors (Lipinski definition) is 3. The monoisotopic (exact) mass is 422 g/mol. The number of halogens is 1. The van der Waals surface area contributed by atoms with Crippen molar-refractivity contribution in [2.75, 3.05) is 13.1 Å². The lowest BCUT2D eigenvalue weighted by Crippen LogP contribution is -2.19. The van der Waals surface area contributed by atoms with Gasteiger partial charge in [0.1, 0.15) is 0 Å². The Hall–Kier alpha value is -2.56. The molecule has 1 aromatic heterocycles. The first-order valence-corrected chi connectivity index (χ1v) is 10.9. The molecule has 0 saturated carbocycles. The molecular weight excluding hydrogens is 396 g/mol. The predicted molar refractivity (Wildman–Crippen MR) is 123 cm³/mol. The highest BCUT2D eigenvalue weighted by Crippen LogP contribution is 2.30. The summed E-state index contributed by atoms with van der Waals surface area (Å²) in [6, 6.07) is 14.4. The summed E-state index contributed by atoms with van der Waals surface area (Å²) in [6.45, 7) is 2.03. The third-order valence-corrected chi connectivity index (χ3v) is 6.19. The summed E-state index contributed by atoms with van der Waals surface area (Å²) in [5.41, 5.74) is 6.66. The van der Waals surface area contributed by atoms with Crippen molar-refractivity contribution in [2.45, 2.75) is 32.1 Å². The Bertz CT molecular complexity index is 1040. The maximum absolute atomic E-state index is 10.4. The quantitative estimate of drug-likeness (QED) is 0.522. The Morgan fingerprint density at radius 1 is 1.13 bits per heavy atom. The number of aliphatic carboxylic acids is 1. The number of aromatic amines is 1. The predicted octanol–water partition coefficient (Wildman–Crippen LogP) is 5.46. The van der Waals surface area contributed by atoms with E-state index in [1.807, 2.05) is 12.1 Å². The fourth-order valence-corrected chi connectivity index (χ4v) is 4.59. The lowest BCUT2D eigenvalue weighted by Gasteiger charge is -2.13. The van der Waals surface area contributed by atoms with Gasteiger partial charge >= 0.3 is 5.97 Å². The molecule has 2 aliphatic rings. The first-order valence-electron chi connectivity index (χ1n) is 10.6. The lowest BCUT2D eigenvalue weighted by molar-refractivity contribution is -0.137. The molecule has 1 aliphatic heterocycles. The van der Waals surface area contributed by atoms with Crippen molar-refractivity contribution in [1.29, 1.82) is 0 Å². The molecule has 2 aromatic carbocycles. The average Bonchev–Trinajstić information content (AvgIpc) is 3.36. The van der Waals surface area contributed by atoms with Crippen LogP contribution in [0.1, 0.15) is 36.0 Å². The van der Waals surface area contributed by atoms with Crippen LogP contribution in [0.2, 0.25) is 5.02 Å². The van der Waals surface area contributed by atoms with Gasteiger partial charge in [-0.2, -0.15) is 0 Å². The smallest absolute Gasteiger partial charge is 0.303 e. The minimum Gasteiger partial charge on any atom is -0.481 e. The maximum atomic E-state index is 10.4. The second-order valence-corrected chi connectivity index (χ2v) is 8.49. The highest BCUT2D eigenvalue weighted by atomic mass is 35.5. The topological polar surface area (TPSA) is 65.1 Å². The number of carbonyl (C=O) groups is 1. The van der Waals surface area contributed by atoms with Gasteiger partial charge in [-0.1, -0.05) is 48.0 Å². The Labute approximate surface area is 182 Å². The number of rotatable bonds is 4. The highest BCUT2D eigenvalue weighted by molar-refractivity contribution is 6.31. The molecule has 1 aliphatic carbocycles. The SMILES string of the molecule is Clc1ccc2c(C3=CCNCC3)c[nH]c2c1.O=C(O)CCC1Cc2ccccc2C1. The van der Waals surface area contributed by atoms with Crippen molar-refractivity contribution >= 4 is 34.0 Å². The van der Waals surface area contributed by atoms with E-state index >= 15 is 0 Å². The van der Waals surface area contributed by atoms with E-state index in [0.717, 1.165) is 49.3 Å². The van der Waals surface area contributed by atoms with Crippen molar-refractivity contribution in [3.63, 3.8) is 0 Å². The highest BCUT2D eigenvalue weighted by Gasteiger charge is 2.21. The Morgan fingerprint density at radius 2 is 1.90 bits per heavy atom. The van der Waals surface area contributed by atoms with E-state index in [-0.39, 0.29) is 0 Å². The van der Waals surface area contributed by atoms with Crippen LogP contribution in [0.3, 0.4) is 0 Å². The molecule has 0 spiro atoms. The zero-order valence-corrected chi connectivity index (χ0v) is 17.7. The summed E-state index contributed by atoms with van der Waals surface area (Å²) in [5.74, 6) is -0.135. The maximum Gasteiger partial charge on any atom is 0.303 e. The summed E-state index contributed by atoms with van der Waals surface area (Å²) >= 11 is 5.97. The molecule has 156 valence electrons. The van der Waals surface area contributed by atoms with E-state index in [1.165, 1.54) is 27.6 Å². The summed E-state index contributed by atoms with van der Waals surface area (Å²) in [7, 11) is 0. The van der Waals surface area contributed by atoms with Gasteiger partial charge in [0.05, 0.1) is 0 Å². The number of benzene rings is 2. The molecule has 0 saturated heterocycles. The summed E-state index contributed by atoms with van der Waals surface area (Å²) in [6.07, 6.45) is 8.67. The van der Waals surface area contributed by atoms with Crippen molar-refractivity contribution in [3.05, 3.63) is 76.5 Å². The number of hydrogen-bond acceptors (Lipinski definition) is 2. The molecule has 0 fully saturated rings. The van der Waals surface area contributed by atoms with Gasteiger partial charge in [0.2, 0.25) is 0 Å². The van der Waals surface area contributed by atoms with E-state index in [1.54, 1.807) is 0 Å². The van der Waals surface area contributed by atoms with Crippen molar-refractivity contribution in [2.24, 2.45) is 5.92 Å². The van der Waals surface area contributed by atoms with Crippen LogP contribution in [0.5, 0.6) is 0 Å². The van der Waals surface area contributed by atoms with E-state index in [9.17, 15) is 4.79 Å². The third-order valence-electron chi connectivity index (χ3n) is 5.96. The van der Waals surface area contributed by atoms with Gasteiger partial charge in [0.25, 0.3) is 0 Å². The molecule has 0 unspecified atom stereocenters. The fraction of sp³-hybridized carbons (Fsp3) is 0.320. The van der Waals surface area contributed by atoms with E-state index in [4.69, 9.17) is 16.7 Å². The summed E-state index contributed by atoms with van der Waals surface area (Å²) in [4.78, 5) is 13.7. The van der Waals surface area contributed by atoms with Crippen LogP contribution in [0, 0.1) is 5.92 Å². The van der Waals surface area contributed by atoms with Crippen molar-refractivity contribution in [3.8, 4) is 0 Å². The van der Waals surface area contributed by atoms with Crippen LogP contribution in [-0.2, 0) is 17.6 Å². The van der Waals surface area contributed by atoms with Crippen LogP contribution < -0.4 is 5.32 Å². The number of nitrogens with one attached hydrogen (secondary N) is 2. The normalized spacial score (nSPS) is 16.0. The number of H-pyrrole nitrogens is 1. The Kier molecular flexibility index (Phi) is 6.56. The molecule has 5 heteroatoms. The Morgan fingerprint density at radius 3 is 2.57 bits per heavy atom.